The summed E-state index contributed by atoms with van der Waals surface area (Å²) >= 11 is 1.79. The zero-order valence-corrected chi connectivity index (χ0v) is 18.0. The predicted octanol–water partition coefficient (Wildman–Crippen LogP) is 5.12. The van der Waals surface area contributed by atoms with E-state index < -0.39 is 0 Å². The summed E-state index contributed by atoms with van der Waals surface area (Å²) in [6.07, 6.45) is 3.62. The molecule has 0 atom stereocenters. The van der Waals surface area contributed by atoms with Crippen LogP contribution in [0.1, 0.15) is 45.4 Å². The molecule has 30 heavy (non-hydrogen) atoms. The number of carbonyl (C=O) groups is 1. The minimum absolute atomic E-state index is 0.0774. The van der Waals surface area contributed by atoms with E-state index in [0.29, 0.717) is 11.5 Å². The number of amides is 1. The zero-order valence-electron chi connectivity index (χ0n) is 17.2. The van der Waals surface area contributed by atoms with Crippen LogP contribution in [0.4, 0.5) is 0 Å². The molecule has 5 nitrogen and oxygen atoms in total. The highest BCUT2D eigenvalue weighted by Gasteiger charge is 2.28. The number of carbonyl (C=O) groups excluding carboxylic acids is 1. The summed E-state index contributed by atoms with van der Waals surface area (Å²) in [4.78, 5) is 20.0. The number of hydrogen-bond donors (Lipinski definition) is 0. The van der Waals surface area contributed by atoms with Gasteiger partial charge in [0.2, 0.25) is 0 Å². The van der Waals surface area contributed by atoms with Crippen LogP contribution in [0.15, 0.2) is 54.7 Å². The lowest BCUT2D eigenvalue weighted by Crippen LogP contribution is -2.38. The van der Waals surface area contributed by atoms with Crippen molar-refractivity contribution in [2.45, 2.75) is 32.6 Å². The number of benzene rings is 2. The normalized spacial score (nSPS) is 15.1. The second-order valence-electron chi connectivity index (χ2n) is 7.98. The first-order valence-corrected chi connectivity index (χ1v) is 11.2. The Labute approximate surface area is 180 Å². The maximum absolute atomic E-state index is 13.2. The van der Waals surface area contributed by atoms with Crippen molar-refractivity contribution < 1.29 is 4.79 Å². The van der Waals surface area contributed by atoms with Crippen LogP contribution in [0, 0.1) is 13.8 Å². The van der Waals surface area contributed by atoms with E-state index in [1.54, 1.807) is 17.5 Å². The Bertz CT molecular complexity index is 1170. The standard InChI is InChI=1S/C24H24N4OS/c1-16-7-9-19(10-8-16)28-17(2)20(15-25-28)24(29)27-13-11-18(12-14-27)23-26-21-5-3-4-6-22(21)30-23/h3-10,15,18H,11-14H2,1-2H3. The summed E-state index contributed by atoms with van der Waals surface area (Å²) in [5.74, 6) is 0.511. The van der Waals surface area contributed by atoms with Gasteiger partial charge in [0.05, 0.1) is 38.4 Å². The van der Waals surface area contributed by atoms with Crippen molar-refractivity contribution in [1.29, 1.82) is 0 Å². The van der Waals surface area contributed by atoms with Crippen LogP contribution in [0.2, 0.25) is 0 Å². The summed E-state index contributed by atoms with van der Waals surface area (Å²) in [6, 6.07) is 16.5. The molecule has 5 rings (SSSR count). The van der Waals surface area contributed by atoms with Crippen molar-refractivity contribution in [2.24, 2.45) is 0 Å². The Kier molecular flexibility index (Phi) is 4.87. The molecular weight excluding hydrogens is 392 g/mol. The van der Waals surface area contributed by atoms with Gasteiger partial charge in [0.15, 0.2) is 0 Å². The van der Waals surface area contributed by atoms with Gasteiger partial charge < -0.3 is 4.90 Å². The van der Waals surface area contributed by atoms with E-state index in [0.717, 1.165) is 42.8 Å². The Balaban J connectivity index is 1.29. The van der Waals surface area contributed by atoms with Gasteiger partial charge in [-0.15, -0.1) is 11.3 Å². The van der Waals surface area contributed by atoms with Gasteiger partial charge in [-0.25, -0.2) is 9.67 Å². The number of aryl methyl sites for hydroxylation is 1. The van der Waals surface area contributed by atoms with Gasteiger partial charge in [0, 0.05) is 19.0 Å². The SMILES string of the molecule is Cc1ccc(-n2ncc(C(=O)N3CCC(c4nc5ccccc5s4)CC3)c2C)cc1. The molecule has 3 heterocycles. The molecule has 152 valence electrons. The minimum atomic E-state index is 0.0774. The molecule has 1 aliphatic rings. The van der Waals surface area contributed by atoms with Crippen LogP contribution in [0.3, 0.4) is 0 Å². The van der Waals surface area contributed by atoms with E-state index in [1.807, 2.05) is 34.7 Å². The van der Waals surface area contributed by atoms with Gasteiger partial charge in [-0.3, -0.25) is 4.79 Å². The fourth-order valence-electron chi connectivity index (χ4n) is 4.13. The molecule has 0 bridgehead atoms. The van der Waals surface area contributed by atoms with Crippen LogP contribution < -0.4 is 0 Å². The number of para-hydroxylation sites is 1. The van der Waals surface area contributed by atoms with E-state index in [-0.39, 0.29) is 5.91 Å². The number of nitrogens with zero attached hydrogens (tertiary/aromatic N) is 4. The summed E-state index contributed by atoms with van der Waals surface area (Å²) in [7, 11) is 0. The summed E-state index contributed by atoms with van der Waals surface area (Å²) < 4.78 is 3.09. The number of likely N-dealkylation sites (tertiary alicyclic amines) is 1. The first-order valence-electron chi connectivity index (χ1n) is 10.4. The maximum Gasteiger partial charge on any atom is 0.257 e. The van der Waals surface area contributed by atoms with Gasteiger partial charge in [-0.1, -0.05) is 29.8 Å². The molecule has 1 aliphatic heterocycles. The second-order valence-corrected chi connectivity index (χ2v) is 9.04. The lowest BCUT2D eigenvalue weighted by molar-refractivity contribution is 0.0712. The number of fused-ring (bicyclic) bond motifs is 1. The molecular formula is C24H24N4OS. The third-order valence-corrected chi connectivity index (χ3v) is 7.16. The summed E-state index contributed by atoms with van der Waals surface area (Å²) in [5, 5.41) is 5.68. The van der Waals surface area contributed by atoms with Crippen molar-refractivity contribution in [2.75, 3.05) is 13.1 Å². The third kappa shape index (κ3) is 3.41. The average Bonchev–Trinajstić information content (AvgIpc) is 3.38. The molecule has 0 unspecified atom stereocenters. The molecule has 1 amide bonds. The van der Waals surface area contributed by atoms with Gasteiger partial charge in [-0.2, -0.15) is 5.10 Å². The average molecular weight is 417 g/mol. The Morgan fingerprint density at radius 3 is 2.50 bits per heavy atom. The van der Waals surface area contributed by atoms with Gasteiger partial charge in [-0.05, 0) is 51.0 Å². The maximum atomic E-state index is 13.2. The van der Waals surface area contributed by atoms with Crippen LogP contribution in [-0.2, 0) is 0 Å². The molecule has 0 spiro atoms. The topological polar surface area (TPSA) is 51.0 Å². The fraction of sp³-hybridized carbons (Fsp3) is 0.292. The largest absolute Gasteiger partial charge is 0.338 e. The van der Waals surface area contributed by atoms with Crippen molar-refractivity contribution in [3.05, 3.63) is 76.6 Å². The Morgan fingerprint density at radius 1 is 1.03 bits per heavy atom. The van der Waals surface area contributed by atoms with E-state index in [1.165, 1.54) is 15.3 Å². The number of thiazole rings is 1. The highest BCUT2D eigenvalue weighted by Crippen LogP contribution is 2.34. The zero-order chi connectivity index (χ0) is 20.7. The Morgan fingerprint density at radius 2 is 1.77 bits per heavy atom. The van der Waals surface area contributed by atoms with E-state index >= 15 is 0 Å². The number of aromatic nitrogens is 3. The van der Waals surface area contributed by atoms with Gasteiger partial charge in [0.25, 0.3) is 5.91 Å². The second kappa shape index (κ2) is 7.69. The van der Waals surface area contributed by atoms with E-state index in [2.05, 4.69) is 42.4 Å². The number of piperidine rings is 1. The molecule has 2 aromatic carbocycles. The molecule has 0 saturated carbocycles. The highest BCUT2D eigenvalue weighted by atomic mass is 32.1. The van der Waals surface area contributed by atoms with Crippen molar-refractivity contribution >= 4 is 27.5 Å². The smallest absolute Gasteiger partial charge is 0.257 e. The molecule has 4 aromatic rings. The minimum Gasteiger partial charge on any atom is -0.338 e. The van der Waals surface area contributed by atoms with Crippen molar-refractivity contribution in [3.8, 4) is 5.69 Å². The van der Waals surface area contributed by atoms with Crippen LogP contribution in [0.5, 0.6) is 0 Å². The first-order chi connectivity index (χ1) is 14.6. The fourth-order valence-corrected chi connectivity index (χ4v) is 5.27. The highest BCUT2D eigenvalue weighted by molar-refractivity contribution is 7.18. The monoisotopic (exact) mass is 416 g/mol. The van der Waals surface area contributed by atoms with Crippen molar-refractivity contribution in [1.82, 2.24) is 19.7 Å². The van der Waals surface area contributed by atoms with Gasteiger partial charge >= 0.3 is 0 Å². The lowest BCUT2D eigenvalue weighted by atomic mass is 9.97. The molecule has 1 saturated heterocycles. The van der Waals surface area contributed by atoms with E-state index in [9.17, 15) is 4.79 Å². The van der Waals surface area contributed by atoms with Gasteiger partial charge in [0.1, 0.15) is 0 Å². The van der Waals surface area contributed by atoms with E-state index in [4.69, 9.17) is 4.98 Å². The third-order valence-electron chi connectivity index (χ3n) is 5.96. The number of rotatable bonds is 3. The summed E-state index contributed by atoms with van der Waals surface area (Å²) in [6.45, 7) is 5.55. The Hall–Kier alpha value is -2.99. The molecule has 0 N–H and O–H groups in total. The predicted molar refractivity (Wildman–Crippen MR) is 121 cm³/mol. The molecule has 0 aliphatic carbocycles. The molecule has 1 fully saturated rings. The van der Waals surface area contributed by atoms with Crippen LogP contribution in [0.25, 0.3) is 15.9 Å². The molecule has 2 aromatic heterocycles. The molecule has 0 radical (unpaired) electrons. The van der Waals surface area contributed by atoms with Crippen molar-refractivity contribution in [3.63, 3.8) is 0 Å². The molecule has 6 heteroatoms. The lowest BCUT2D eigenvalue weighted by Gasteiger charge is -2.31. The quantitative estimate of drug-likeness (QED) is 0.466. The van der Waals surface area contributed by atoms with Crippen LogP contribution in [-0.4, -0.2) is 38.7 Å². The number of hydrogen-bond acceptors (Lipinski definition) is 4. The van der Waals surface area contributed by atoms with Crippen LogP contribution >= 0.6 is 11.3 Å². The first kappa shape index (κ1) is 19.0. The summed E-state index contributed by atoms with van der Waals surface area (Å²) in [5.41, 5.74) is 4.84.